The average molecular weight is 145 g/mol. The van der Waals surface area contributed by atoms with Crippen molar-refractivity contribution in [2.45, 2.75) is 12.9 Å². The molecule has 0 bridgehead atoms. The van der Waals surface area contributed by atoms with E-state index >= 15 is 0 Å². The Balaban J connectivity index is 2.91. The molecular weight excluding hydrogens is 138 g/mol. The zero-order valence-corrected chi connectivity index (χ0v) is 4.58. The van der Waals surface area contributed by atoms with E-state index in [9.17, 15) is 17.6 Å². The van der Waals surface area contributed by atoms with Gasteiger partial charge in [0.05, 0.1) is 13.1 Å². The minimum atomic E-state index is -2.55. The van der Waals surface area contributed by atoms with E-state index in [4.69, 9.17) is 0 Å². The van der Waals surface area contributed by atoms with Gasteiger partial charge >= 0.3 is 0 Å². The third-order valence-corrected chi connectivity index (χ3v) is 0.597. The third-order valence-electron chi connectivity index (χ3n) is 0.597. The van der Waals surface area contributed by atoms with Gasteiger partial charge in [0.25, 0.3) is 12.9 Å². The Morgan fingerprint density at radius 2 is 1.22 bits per heavy atom. The minimum absolute atomic E-state index is 0.662. The summed E-state index contributed by atoms with van der Waals surface area (Å²) in [6.45, 7) is -1.32. The molecule has 0 aliphatic rings. The standard InChI is InChI=1S/C4H7F4N/c5-3(6)1-9-2-4(7)8/h3-4,9H,1-2H2. The molecule has 0 aliphatic heterocycles. The highest BCUT2D eigenvalue weighted by atomic mass is 19.3. The summed E-state index contributed by atoms with van der Waals surface area (Å²) in [6.07, 6.45) is -5.10. The lowest BCUT2D eigenvalue weighted by atomic mass is 10.6. The first-order valence-electron chi connectivity index (χ1n) is 2.40. The topological polar surface area (TPSA) is 12.0 Å². The Kier molecular flexibility index (Phi) is 4.39. The summed E-state index contributed by atoms with van der Waals surface area (Å²) >= 11 is 0. The number of halogens is 4. The van der Waals surface area contributed by atoms with Crippen molar-refractivity contribution in [2.75, 3.05) is 13.1 Å². The van der Waals surface area contributed by atoms with Crippen LogP contribution in [0, 0.1) is 0 Å². The Morgan fingerprint density at radius 1 is 0.889 bits per heavy atom. The Morgan fingerprint density at radius 3 is 1.44 bits per heavy atom. The molecule has 0 amide bonds. The van der Waals surface area contributed by atoms with Crippen molar-refractivity contribution in [1.82, 2.24) is 5.32 Å². The fourth-order valence-corrected chi connectivity index (χ4v) is 0.302. The zero-order valence-electron chi connectivity index (χ0n) is 4.58. The molecule has 0 rings (SSSR count). The second kappa shape index (κ2) is 4.55. The summed E-state index contributed by atoms with van der Waals surface area (Å²) in [5.41, 5.74) is 0. The summed E-state index contributed by atoms with van der Waals surface area (Å²) in [7, 11) is 0. The lowest BCUT2D eigenvalue weighted by Gasteiger charge is -2.00. The SMILES string of the molecule is FC(F)CNCC(F)F. The first-order valence-corrected chi connectivity index (χ1v) is 2.40. The minimum Gasteiger partial charge on any atom is -0.306 e. The van der Waals surface area contributed by atoms with Gasteiger partial charge in [-0.2, -0.15) is 0 Å². The predicted molar refractivity (Wildman–Crippen MR) is 24.9 cm³/mol. The van der Waals surface area contributed by atoms with Crippen LogP contribution in [0.25, 0.3) is 0 Å². The number of nitrogens with one attached hydrogen (secondary N) is 1. The molecule has 56 valence electrons. The molecule has 0 aromatic rings. The Labute approximate surface area is 50.0 Å². The average Bonchev–Trinajstić information content (AvgIpc) is 1.63. The number of alkyl halides is 4. The normalized spacial score (nSPS) is 11.3. The lowest BCUT2D eigenvalue weighted by molar-refractivity contribution is 0.117. The van der Waals surface area contributed by atoms with E-state index < -0.39 is 25.9 Å². The van der Waals surface area contributed by atoms with Gasteiger partial charge in [0.15, 0.2) is 0 Å². The second-order valence-corrected chi connectivity index (χ2v) is 1.44. The molecule has 0 heterocycles. The summed E-state index contributed by atoms with van der Waals surface area (Å²) in [4.78, 5) is 0. The monoisotopic (exact) mass is 145 g/mol. The Hall–Kier alpha value is -0.320. The highest BCUT2D eigenvalue weighted by Crippen LogP contribution is 1.90. The number of hydrogen-bond acceptors (Lipinski definition) is 1. The van der Waals surface area contributed by atoms with Crippen molar-refractivity contribution in [2.24, 2.45) is 0 Å². The van der Waals surface area contributed by atoms with Gasteiger partial charge in [-0.15, -0.1) is 0 Å². The summed E-state index contributed by atoms with van der Waals surface area (Å²) in [5, 5.41) is 1.88. The van der Waals surface area contributed by atoms with Crippen LogP contribution in [0.3, 0.4) is 0 Å². The summed E-state index contributed by atoms with van der Waals surface area (Å²) < 4.78 is 44.7. The maximum atomic E-state index is 11.2. The van der Waals surface area contributed by atoms with Crippen LogP contribution < -0.4 is 5.32 Å². The molecule has 1 nitrogen and oxygen atoms in total. The first-order chi connectivity index (χ1) is 4.13. The van der Waals surface area contributed by atoms with Gasteiger partial charge in [0, 0.05) is 0 Å². The van der Waals surface area contributed by atoms with Gasteiger partial charge in [0.2, 0.25) is 0 Å². The second-order valence-electron chi connectivity index (χ2n) is 1.44. The molecule has 5 heteroatoms. The first kappa shape index (κ1) is 8.68. The smallest absolute Gasteiger partial charge is 0.250 e. The van der Waals surface area contributed by atoms with E-state index in [1.165, 1.54) is 0 Å². The van der Waals surface area contributed by atoms with Crippen molar-refractivity contribution in [3.63, 3.8) is 0 Å². The lowest BCUT2D eigenvalue weighted by Crippen LogP contribution is -2.26. The molecule has 0 spiro atoms. The fraction of sp³-hybridized carbons (Fsp3) is 1.00. The van der Waals surface area contributed by atoms with Gasteiger partial charge in [-0.3, -0.25) is 0 Å². The van der Waals surface area contributed by atoms with Crippen molar-refractivity contribution >= 4 is 0 Å². The van der Waals surface area contributed by atoms with Crippen molar-refractivity contribution < 1.29 is 17.6 Å². The number of hydrogen-bond donors (Lipinski definition) is 1. The van der Waals surface area contributed by atoms with Gasteiger partial charge in [-0.1, -0.05) is 0 Å². The van der Waals surface area contributed by atoms with E-state index in [2.05, 4.69) is 0 Å². The molecule has 0 aromatic heterocycles. The predicted octanol–water partition coefficient (Wildman–Crippen LogP) is 1.11. The van der Waals surface area contributed by atoms with Crippen LogP contribution in [0.5, 0.6) is 0 Å². The van der Waals surface area contributed by atoms with Crippen LogP contribution in [0.2, 0.25) is 0 Å². The third kappa shape index (κ3) is 7.68. The molecule has 0 aliphatic carbocycles. The van der Waals surface area contributed by atoms with Crippen LogP contribution in [0.1, 0.15) is 0 Å². The molecule has 0 atom stereocenters. The van der Waals surface area contributed by atoms with Crippen LogP contribution in [-0.2, 0) is 0 Å². The van der Waals surface area contributed by atoms with Crippen LogP contribution in [0.15, 0.2) is 0 Å². The molecule has 0 fully saturated rings. The van der Waals surface area contributed by atoms with Crippen molar-refractivity contribution in [1.29, 1.82) is 0 Å². The summed E-state index contributed by atoms with van der Waals surface area (Å²) in [5.74, 6) is 0. The maximum absolute atomic E-state index is 11.2. The van der Waals surface area contributed by atoms with E-state index in [-0.39, 0.29) is 0 Å². The van der Waals surface area contributed by atoms with Crippen LogP contribution in [-0.4, -0.2) is 25.9 Å². The van der Waals surface area contributed by atoms with Crippen molar-refractivity contribution in [3.05, 3.63) is 0 Å². The zero-order chi connectivity index (χ0) is 7.28. The molecule has 0 aromatic carbocycles. The molecule has 1 N–H and O–H groups in total. The quantitative estimate of drug-likeness (QED) is 0.584. The molecule has 9 heavy (non-hydrogen) atoms. The molecule has 0 saturated carbocycles. The summed E-state index contributed by atoms with van der Waals surface area (Å²) in [6, 6.07) is 0. The van der Waals surface area contributed by atoms with Crippen LogP contribution in [0.4, 0.5) is 17.6 Å². The molecule has 0 unspecified atom stereocenters. The van der Waals surface area contributed by atoms with E-state index in [1.54, 1.807) is 0 Å². The number of rotatable bonds is 4. The molecule has 0 radical (unpaired) electrons. The van der Waals surface area contributed by atoms with E-state index in [0.29, 0.717) is 0 Å². The molecular formula is C4H7F4N. The van der Waals surface area contributed by atoms with Gasteiger partial charge in [-0.25, -0.2) is 17.6 Å². The van der Waals surface area contributed by atoms with Crippen molar-refractivity contribution in [3.8, 4) is 0 Å². The highest BCUT2D eigenvalue weighted by Gasteiger charge is 2.04. The largest absolute Gasteiger partial charge is 0.306 e. The van der Waals surface area contributed by atoms with Gasteiger partial charge < -0.3 is 5.32 Å². The van der Waals surface area contributed by atoms with E-state index in [1.807, 2.05) is 5.32 Å². The van der Waals surface area contributed by atoms with Gasteiger partial charge in [-0.05, 0) is 0 Å². The van der Waals surface area contributed by atoms with E-state index in [0.717, 1.165) is 0 Å². The maximum Gasteiger partial charge on any atom is 0.250 e. The Bertz CT molecular complexity index is 57.6. The molecule has 0 saturated heterocycles. The van der Waals surface area contributed by atoms with Gasteiger partial charge in [0.1, 0.15) is 0 Å². The fourth-order valence-electron chi connectivity index (χ4n) is 0.302. The highest BCUT2D eigenvalue weighted by molar-refractivity contribution is 4.49. The van der Waals surface area contributed by atoms with Crippen LogP contribution >= 0.6 is 0 Å².